The first-order valence-electron chi connectivity index (χ1n) is 6.22. The number of hydrogen-bond donors (Lipinski definition) is 2. The molecule has 0 bridgehead atoms. The number of aryl methyl sites for hydroxylation is 1. The summed E-state index contributed by atoms with van der Waals surface area (Å²) in [5.74, 6) is -1.59. The summed E-state index contributed by atoms with van der Waals surface area (Å²) in [7, 11) is 1.30. The number of carbonyl (C=O) groups is 1. The minimum Gasteiger partial charge on any atom is -0.374 e. The standard InChI is InChI=1S/C13H13F3N4O2/c1-20-7-6-18-11(20)12(22,13(14,15)16)8-10(21)19-9-4-2-3-5-17-9/h2-7,22H,8H2,1H3,(H,17,19,21). The van der Waals surface area contributed by atoms with Gasteiger partial charge in [0.15, 0.2) is 5.82 Å². The van der Waals surface area contributed by atoms with Crippen LogP contribution in [0.4, 0.5) is 19.0 Å². The first-order chi connectivity index (χ1) is 10.2. The number of alkyl halides is 3. The lowest BCUT2D eigenvalue weighted by Gasteiger charge is -2.29. The number of nitrogens with zero attached hydrogens (tertiary/aromatic N) is 3. The van der Waals surface area contributed by atoms with Crippen molar-refractivity contribution in [1.82, 2.24) is 14.5 Å². The van der Waals surface area contributed by atoms with E-state index in [9.17, 15) is 23.1 Å². The maximum atomic E-state index is 13.2. The third-order valence-corrected chi connectivity index (χ3v) is 3.01. The van der Waals surface area contributed by atoms with Gasteiger partial charge in [-0.1, -0.05) is 6.07 Å². The lowest BCUT2D eigenvalue weighted by molar-refractivity contribution is -0.270. The third kappa shape index (κ3) is 3.08. The number of nitrogens with one attached hydrogen (secondary N) is 1. The zero-order valence-electron chi connectivity index (χ0n) is 11.5. The number of amides is 1. The summed E-state index contributed by atoms with van der Waals surface area (Å²) in [6, 6.07) is 4.58. The first kappa shape index (κ1) is 16.0. The first-order valence-corrected chi connectivity index (χ1v) is 6.22. The number of carbonyl (C=O) groups excluding carboxylic acids is 1. The SMILES string of the molecule is Cn1ccnc1C(O)(CC(=O)Nc1ccccn1)C(F)(F)F. The Bertz CT molecular complexity index is 657. The number of aromatic nitrogens is 3. The topological polar surface area (TPSA) is 80.0 Å². The van der Waals surface area contributed by atoms with Crippen molar-refractivity contribution in [2.45, 2.75) is 18.2 Å². The molecule has 1 atom stereocenters. The molecule has 0 aromatic carbocycles. The fourth-order valence-electron chi connectivity index (χ4n) is 1.93. The van der Waals surface area contributed by atoms with Crippen LogP contribution < -0.4 is 5.32 Å². The Morgan fingerprint density at radius 2 is 2.05 bits per heavy atom. The van der Waals surface area contributed by atoms with Gasteiger partial charge >= 0.3 is 6.18 Å². The molecule has 1 unspecified atom stereocenters. The van der Waals surface area contributed by atoms with E-state index in [1.54, 1.807) is 12.1 Å². The van der Waals surface area contributed by atoms with Crippen LogP contribution in [0.25, 0.3) is 0 Å². The molecule has 0 saturated carbocycles. The third-order valence-electron chi connectivity index (χ3n) is 3.01. The molecule has 2 heterocycles. The van der Waals surface area contributed by atoms with Gasteiger partial charge in [0.05, 0.1) is 6.42 Å². The number of aliphatic hydroxyl groups is 1. The highest BCUT2D eigenvalue weighted by molar-refractivity contribution is 5.90. The number of hydrogen-bond acceptors (Lipinski definition) is 4. The van der Waals surface area contributed by atoms with Crippen molar-refractivity contribution in [3.63, 3.8) is 0 Å². The predicted molar refractivity (Wildman–Crippen MR) is 70.6 cm³/mol. The number of imidazole rings is 1. The number of pyridine rings is 1. The highest BCUT2D eigenvalue weighted by Crippen LogP contribution is 2.40. The summed E-state index contributed by atoms with van der Waals surface area (Å²) in [6.45, 7) is 0. The summed E-state index contributed by atoms with van der Waals surface area (Å²) in [4.78, 5) is 19.1. The quantitative estimate of drug-likeness (QED) is 0.898. The van der Waals surface area contributed by atoms with Crippen molar-refractivity contribution in [2.75, 3.05) is 5.32 Å². The predicted octanol–water partition coefficient (Wildman–Crippen LogP) is 1.59. The molecule has 1 amide bonds. The number of rotatable bonds is 4. The average molecular weight is 314 g/mol. The number of anilines is 1. The maximum Gasteiger partial charge on any atom is 0.425 e. The Morgan fingerprint density at radius 3 is 2.55 bits per heavy atom. The van der Waals surface area contributed by atoms with Gasteiger partial charge in [0.25, 0.3) is 0 Å². The zero-order valence-corrected chi connectivity index (χ0v) is 11.5. The van der Waals surface area contributed by atoms with Crippen LogP contribution in [0.1, 0.15) is 12.2 Å². The summed E-state index contributed by atoms with van der Waals surface area (Å²) < 4.78 is 40.8. The van der Waals surface area contributed by atoms with Crippen LogP contribution in [-0.4, -0.2) is 31.7 Å². The van der Waals surface area contributed by atoms with Crippen molar-refractivity contribution < 1.29 is 23.1 Å². The van der Waals surface area contributed by atoms with E-state index in [4.69, 9.17) is 0 Å². The highest BCUT2D eigenvalue weighted by Gasteiger charge is 2.58. The van der Waals surface area contributed by atoms with Crippen molar-refractivity contribution in [2.24, 2.45) is 7.05 Å². The normalized spacial score (nSPS) is 14.4. The van der Waals surface area contributed by atoms with Crippen LogP contribution >= 0.6 is 0 Å². The van der Waals surface area contributed by atoms with E-state index in [0.29, 0.717) is 0 Å². The van der Waals surface area contributed by atoms with Crippen molar-refractivity contribution >= 4 is 11.7 Å². The summed E-state index contributed by atoms with van der Waals surface area (Å²) in [6.07, 6.45) is -2.54. The van der Waals surface area contributed by atoms with E-state index in [1.165, 1.54) is 25.5 Å². The molecular weight excluding hydrogens is 301 g/mol. The average Bonchev–Trinajstić information content (AvgIpc) is 2.85. The van der Waals surface area contributed by atoms with Crippen LogP contribution in [-0.2, 0) is 17.4 Å². The van der Waals surface area contributed by atoms with E-state index >= 15 is 0 Å². The Balaban J connectivity index is 2.25. The molecule has 2 N–H and O–H groups in total. The highest BCUT2D eigenvalue weighted by atomic mass is 19.4. The molecule has 118 valence electrons. The molecule has 0 aliphatic carbocycles. The van der Waals surface area contributed by atoms with Crippen LogP contribution in [0.2, 0.25) is 0 Å². The van der Waals surface area contributed by atoms with Crippen molar-refractivity contribution in [3.8, 4) is 0 Å². The van der Waals surface area contributed by atoms with Gasteiger partial charge in [-0.3, -0.25) is 4.79 Å². The lowest BCUT2D eigenvalue weighted by Crippen LogP contribution is -2.46. The van der Waals surface area contributed by atoms with E-state index < -0.39 is 29.9 Å². The van der Waals surface area contributed by atoms with E-state index in [1.807, 2.05) is 0 Å². The molecule has 0 aliphatic heterocycles. The minimum atomic E-state index is -5.06. The second-order valence-corrected chi connectivity index (χ2v) is 4.66. The Kier molecular flexibility index (Phi) is 4.18. The summed E-state index contributed by atoms with van der Waals surface area (Å²) in [5, 5.41) is 12.3. The van der Waals surface area contributed by atoms with Gasteiger partial charge in [0, 0.05) is 25.6 Å². The van der Waals surface area contributed by atoms with Crippen LogP contribution in [0, 0.1) is 0 Å². The number of halogens is 3. The van der Waals surface area contributed by atoms with Crippen LogP contribution in [0.3, 0.4) is 0 Å². The maximum absolute atomic E-state index is 13.2. The monoisotopic (exact) mass is 314 g/mol. The van der Waals surface area contributed by atoms with E-state index in [0.717, 1.165) is 10.8 Å². The molecular formula is C13H13F3N4O2. The van der Waals surface area contributed by atoms with Crippen LogP contribution in [0.5, 0.6) is 0 Å². The van der Waals surface area contributed by atoms with Crippen LogP contribution in [0.15, 0.2) is 36.8 Å². The van der Waals surface area contributed by atoms with Gasteiger partial charge in [-0.05, 0) is 12.1 Å². The molecule has 0 saturated heterocycles. The van der Waals surface area contributed by atoms with Gasteiger partial charge in [-0.2, -0.15) is 13.2 Å². The summed E-state index contributed by atoms with van der Waals surface area (Å²) in [5.41, 5.74) is -3.38. The molecule has 2 aromatic heterocycles. The van der Waals surface area contributed by atoms with Gasteiger partial charge in [-0.15, -0.1) is 0 Å². The molecule has 2 rings (SSSR count). The summed E-state index contributed by atoms with van der Waals surface area (Å²) >= 11 is 0. The molecule has 6 nitrogen and oxygen atoms in total. The van der Waals surface area contributed by atoms with E-state index in [-0.39, 0.29) is 5.82 Å². The molecule has 2 aromatic rings. The van der Waals surface area contributed by atoms with Gasteiger partial charge in [0.1, 0.15) is 5.82 Å². The van der Waals surface area contributed by atoms with Crippen molar-refractivity contribution in [1.29, 1.82) is 0 Å². The molecule has 9 heteroatoms. The van der Waals surface area contributed by atoms with Crippen molar-refractivity contribution in [3.05, 3.63) is 42.6 Å². The van der Waals surface area contributed by atoms with Gasteiger partial charge < -0.3 is 15.0 Å². The fraction of sp³-hybridized carbons (Fsp3) is 0.308. The second-order valence-electron chi connectivity index (χ2n) is 4.66. The Hall–Kier alpha value is -2.42. The largest absolute Gasteiger partial charge is 0.425 e. The van der Waals surface area contributed by atoms with Gasteiger partial charge in [-0.25, -0.2) is 9.97 Å². The Morgan fingerprint density at radius 1 is 1.32 bits per heavy atom. The zero-order chi connectivity index (χ0) is 16.4. The lowest BCUT2D eigenvalue weighted by atomic mass is 9.97. The van der Waals surface area contributed by atoms with E-state index in [2.05, 4.69) is 15.3 Å². The minimum absolute atomic E-state index is 0.0943. The molecule has 0 spiro atoms. The molecule has 22 heavy (non-hydrogen) atoms. The smallest absolute Gasteiger partial charge is 0.374 e. The molecule has 0 aliphatic rings. The molecule has 0 fully saturated rings. The van der Waals surface area contributed by atoms with Gasteiger partial charge in [0.2, 0.25) is 11.5 Å². The Labute approximate surface area is 123 Å². The second kappa shape index (κ2) is 5.76. The fourth-order valence-corrected chi connectivity index (χ4v) is 1.93. The molecule has 0 radical (unpaired) electrons.